The molecule has 0 aliphatic rings. The van der Waals surface area contributed by atoms with E-state index in [1.165, 1.54) is 0 Å². The SMILES string of the molecule is CC.CC.[CH2-][NH+](C(=O)Nc1ccccc1)c1ccccc1. The van der Waals surface area contributed by atoms with Gasteiger partial charge in [0.2, 0.25) is 0 Å². The molecule has 2 amide bonds. The highest BCUT2D eigenvalue weighted by molar-refractivity contribution is 5.83. The molecule has 0 aromatic heterocycles. The Bertz CT molecular complexity index is 483. The summed E-state index contributed by atoms with van der Waals surface area (Å²) in [5.74, 6) is 0. The van der Waals surface area contributed by atoms with Gasteiger partial charge in [0.05, 0.1) is 0 Å². The molecule has 0 aliphatic heterocycles. The van der Waals surface area contributed by atoms with Crippen molar-refractivity contribution in [2.24, 2.45) is 0 Å². The summed E-state index contributed by atoms with van der Waals surface area (Å²) in [7, 11) is 3.81. The molecule has 21 heavy (non-hydrogen) atoms. The van der Waals surface area contributed by atoms with Crippen LogP contribution in [0.15, 0.2) is 60.7 Å². The van der Waals surface area contributed by atoms with Crippen molar-refractivity contribution in [1.29, 1.82) is 0 Å². The summed E-state index contributed by atoms with van der Waals surface area (Å²) in [5.41, 5.74) is 1.61. The highest BCUT2D eigenvalue weighted by Gasteiger charge is 2.11. The number of anilines is 1. The van der Waals surface area contributed by atoms with Gasteiger partial charge in [-0.05, 0) is 24.3 Å². The Hall–Kier alpha value is -2.13. The second kappa shape index (κ2) is 11.7. The predicted octanol–water partition coefficient (Wildman–Crippen LogP) is 4.28. The van der Waals surface area contributed by atoms with Crippen LogP contribution in [0.5, 0.6) is 0 Å². The molecule has 0 saturated carbocycles. The monoisotopic (exact) mass is 286 g/mol. The van der Waals surface area contributed by atoms with E-state index in [0.29, 0.717) is 4.90 Å². The van der Waals surface area contributed by atoms with Gasteiger partial charge < -0.3 is 4.90 Å². The number of hydrogen-bond donors (Lipinski definition) is 2. The molecule has 114 valence electrons. The van der Waals surface area contributed by atoms with E-state index in [1.54, 1.807) is 0 Å². The largest absolute Gasteiger partial charge is 0.397 e. The van der Waals surface area contributed by atoms with Crippen molar-refractivity contribution < 1.29 is 9.69 Å². The number of urea groups is 1. The van der Waals surface area contributed by atoms with Crippen molar-refractivity contribution in [1.82, 2.24) is 0 Å². The van der Waals surface area contributed by atoms with Crippen molar-refractivity contribution >= 4 is 17.4 Å². The summed E-state index contributed by atoms with van der Waals surface area (Å²) in [6, 6.07) is 18.6. The van der Waals surface area contributed by atoms with Gasteiger partial charge in [-0.1, -0.05) is 64.1 Å². The Morgan fingerprint density at radius 3 is 1.76 bits per heavy atom. The maximum atomic E-state index is 11.9. The van der Waals surface area contributed by atoms with E-state index >= 15 is 0 Å². The van der Waals surface area contributed by atoms with Crippen LogP contribution in [0.3, 0.4) is 0 Å². The molecule has 2 aromatic rings. The molecule has 0 aliphatic carbocycles. The number of carbonyl (C=O) groups is 1. The van der Waals surface area contributed by atoms with Crippen LogP contribution in [0.1, 0.15) is 27.7 Å². The molecule has 3 nitrogen and oxygen atoms in total. The fourth-order valence-electron chi connectivity index (χ4n) is 1.50. The van der Waals surface area contributed by atoms with Gasteiger partial charge in [0.15, 0.2) is 0 Å². The lowest BCUT2D eigenvalue weighted by Gasteiger charge is -2.17. The maximum Gasteiger partial charge on any atom is 0.397 e. The number of para-hydroxylation sites is 2. The fourth-order valence-corrected chi connectivity index (χ4v) is 1.50. The van der Waals surface area contributed by atoms with Gasteiger partial charge in [0, 0.05) is 5.69 Å². The first-order chi connectivity index (χ1) is 10.3. The Labute approximate surface area is 128 Å². The summed E-state index contributed by atoms with van der Waals surface area (Å²) in [6.45, 7) is 8.00. The Morgan fingerprint density at radius 2 is 1.29 bits per heavy atom. The molecule has 1 atom stereocenters. The van der Waals surface area contributed by atoms with Gasteiger partial charge in [-0.3, -0.25) is 5.32 Å². The van der Waals surface area contributed by atoms with Crippen molar-refractivity contribution in [2.75, 3.05) is 5.32 Å². The zero-order valence-electron chi connectivity index (χ0n) is 13.4. The van der Waals surface area contributed by atoms with E-state index in [9.17, 15) is 4.79 Å². The van der Waals surface area contributed by atoms with Gasteiger partial charge >= 0.3 is 6.03 Å². The first-order valence-corrected chi connectivity index (χ1v) is 7.38. The first kappa shape index (κ1) is 18.9. The summed E-state index contributed by atoms with van der Waals surface area (Å²) in [5, 5.41) is 2.80. The summed E-state index contributed by atoms with van der Waals surface area (Å²) >= 11 is 0. The van der Waals surface area contributed by atoms with Gasteiger partial charge in [0.25, 0.3) is 0 Å². The number of carbonyl (C=O) groups excluding carboxylic acids is 1. The predicted molar refractivity (Wildman–Crippen MR) is 90.6 cm³/mol. The number of nitrogens with one attached hydrogen (secondary N) is 2. The number of rotatable bonds is 2. The van der Waals surface area contributed by atoms with Gasteiger partial charge in [-0.2, -0.15) is 0 Å². The molecule has 2 N–H and O–H groups in total. The molecule has 0 saturated heterocycles. The van der Waals surface area contributed by atoms with Crippen molar-refractivity contribution in [3.63, 3.8) is 0 Å². The smallest absolute Gasteiger partial charge is 0.351 e. The van der Waals surface area contributed by atoms with Crippen LogP contribution in [0.25, 0.3) is 0 Å². The molecule has 0 heterocycles. The molecule has 2 aromatic carbocycles. The third-order valence-electron chi connectivity index (χ3n) is 2.43. The summed E-state index contributed by atoms with van der Waals surface area (Å²) in [6.07, 6.45) is 0. The van der Waals surface area contributed by atoms with Crippen molar-refractivity contribution in [3.8, 4) is 0 Å². The van der Waals surface area contributed by atoms with E-state index < -0.39 is 0 Å². The van der Waals surface area contributed by atoms with E-state index in [4.69, 9.17) is 0 Å². The van der Waals surface area contributed by atoms with Gasteiger partial charge in [-0.15, -0.1) is 7.05 Å². The van der Waals surface area contributed by atoms with E-state index in [0.717, 1.165) is 11.4 Å². The lowest BCUT2D eigenvalue weighted by molar-refractivity contribution is -0.684. The van der Waals surface area contributed by atoms with Crippen LogP contribution in [0.2, 0.25) is 0 Å². The van der Waals surface area contributed by atoms with Gasteiger partial charge in [0.1, 0.15) is 5.69 Å². The molecular weight excluding hydrogens is 260 g/mol. The molecule has 0 bridgehead atoms. The van der Waals surface area contributed by atoms with Gasteiger partial charge in [-0.25, -0.2) is 4.79 Å². The average Bonchev–Trinajstić information content (AvgIpc) is 2.59. The third kappa shape index (κ3) is 6.72. The lowest BCUT2D eigenvalue weighted by atomic mass is 10.3. The molecule has 3 heteroatoms. The maximum absolute atomic E-state index is 11.9. The van der Waals surface area contributed by atoms with Crippen LogP contribution in [-0.4, -0.2) is 6.03 Å². The quantitative estimate of drug-likeness (QED) is 0.794. The molecule has 2 rings (SSSR count). The molecular formula is C18H26N2O. The standard InChI is InChI=1S/C14H14N2O.2C2H6/c1-16(13-10-6-3-7-11-13)14(17)15-12-8-4-2-5-9-12;2*1-2/h2-11,16H,1H2,(H,15,17);2*1-2H3. The van der Waals surface area contributed by atoms with E-state index in [1.807, 2.05) is 88.4 Å². The number of benzene rings is 2. The summed E-state index contributed by atoms with van der Waals surface area (Å²) < 4.78 is 0. The van der Waals surface area contributed by atoms with Crippen LogP contribution in [0.4, 0.5) is 16.2 Å². The Morgan fingerprint density at radius 1 is 0.857 bits per heavy atom. The van der Waals surface area contributed by atoms with Crippen LogP contribution >= 0.6 is 0 Å². The topological polar surface area (TPSA) is 33.5 Å². The minimum Gasteiger partial charge on any atom is -0.351 e. The minimum atomic E-state index is -0.178. The van der Waals surface area contributed by atoms with Crippen LogP contribution in [0, 0.1) is 7.05 Å². The highest BCUT2D eigenvalue weighted by atomic mass is 16.2. The van der Waals surface area contributed by atoms with Crippen LogP contribution in [-0.2, 0) is 0 Å². The second-order valence-electron chi connectivity index (χ2n) is 3.66. The number of amides is 2. The lowest BCUT2D eigenvalue weighted by Crippen LogP contribution is -3.05. The first-order valence-electron chi connectivity index (χ1n) is 7.38. The Kier molecular flexibility index (Phi) is 10.5. The van der Waals surface area contributed by atoms with Crippen LogP contribution < -0.4 is 10.2 Å². The third-order valence-corrected chi connectivity index (χ3v) is 2.43. The number of quaternary nitrogens is 1. The highest BCUT2D eigenvalue weighted by Crippen LogP contribution is 2.04. The second-order valence-corrected chi connectivity index (χ2v) is 3.66. The zero-order chi connectivity index (χ0) is 16.1. The molecule has 0 spiro atoms. The van der Waals surface area contributed by atoms with Crippen molar-refractivity contribution in [3.05, 3.63) is 67.7 Å². The van der Waals surface area contributed by atoms with E-state index in [2.05, 4.69) is 12.4 Å². The Balaban J connectivity index is 0.000000921. The number of hydrogen-bond acceptors (Lipinski definition) is 1. The normalized spacial score (nSPS) is 10.1. The zero-order valence-corrected chi connectivity index (χ0v) is 13.4. The summed E-state index contributed by atoms with van der Waals surface area (Å²) in [4.78, 5) is 12.4. The average molecular weight is 286 g/mol. The fraction of sp³-hybridized carbons (Fsp3) is 0.222. The molecule has 1 unspecified atom stereocenters. The van der Waals surface area contributed by atoms with Crippen molar-refractivity contribution in [2.45, 2.75) is 27.7 Å². The minimum absolute atomic E-state index is 0.178. The molecule has 0 fully saturated rings. The molecule has 0 radical (unpaired) electrons. The van der Waals surface area contributed by atoms with E-state index in [-0.39, 0.29) is 6.03 Å².